The molecule has 2 amide bonds. The number of aromatic nitrogens is 1. The van der Waals surface area contributed by atoms with Crippen molar-refractivity contribution in [3.63, 3.8) is 0 Å². The van der Waals surface area contributed by atoms with Gasteiger partial charge in [0.25, 0.3) is 5.91 Å². The summed E-state index contributed by atoms with van der Waals surface area (Å²) in [4.78, 5) is 28.4. The molecule has 0 aromatic carbocycles. The fraction of sp³-hybridized carbons (Fsp3) is 0.308. The van der Waals surface area contributed by atoms with Crippen molar-refractivity contribution in [3.8, 4) is 0 Å². The topological polar surface area (TPSA) is 97.1 Å². The highest BCUT2D eigenvalue weighted by molar-refractivity contribution is 7.14. The molecule has 0 saturated heterocycles. The first-order chi connectivity index (χ1) is 10.2. The molecular formula is C13H18Cl2N4O2S2. The third kappa shape index (κ3) is 7.28. The molecule has 2 aromatic heterocycles. The van der Waals surface area contributed by atoms with Crippen LogP contribution in [0.3, 0.4) is 0 Å². The van der Waals surface area contributed by atoms with Gasteiger partial charge in [0, 0.05) is 11.9 Å². The van der Waals surface area contributed by atoms with Crippen molar-refractivity contribution >= 4 is 64.4 Å². The Morgan fingerprint density at radius 1 is 1.26 bits per heavy atom. The van der Waals surface area contributed by atoms with Crippen LogP contribution in [0, 0.1) is 0 Å². The van der Waals surface area contributed by atoms with Crippen molar-refractivity contribution in [2.45, 2.75) is 12.8 Å². The first-order valence-electron chi connectivity index (χ1n) is 6.45. The molecule has 0 radical (unpaired) electrons. The molecule has 128 valence electrons. The summed E-state index contributed by atoms with van der Waals surface area (Å²) in [7, 11) is 0. The first kappa shape index (κ1) is 21.8. The van der Waals surface area contributed by atoms with Gasteiger partial charge in [0.15, 0.2) is 5.13 Å². The zero-order valence-corrected chi connectivity index (χ0v) is 15.4. The summed E-state index contributed by atoms with van der Waals surface area (Å²) in [5.74, 6) is -0.275. The minimum atomic E-state index is -0.182. The van der Waals surface area contributed by atoms with E-state index in [4.69, 9.17) is 5.73 Å². The molecule has 0 aliphatic carbocycles. The first-order valence-corrected chi connectivity index (χ1v) is 8.21. The van der Waals surface area contributed by atoms with Gasteiger partial charge in [0.1, 0.15) is 0 Å². The minimum absolute atomic E-state index is 0. The number of rotatable bonds is 7. The lowest BCUT2D eigenvalue weighted by Gasteiger charge is -2.02. The third-order valence-corrected chi connectivity index (χ3v) is 4.24. The van der Waals surface area contributed by atoms with Crippen LogP contribution < -0.4 is 16.4 Å². The molecule has 2 aromatic rings. The Bertz CT molecular complexity index is 605. The van der Waals surface area contributed by atoms with Crippen molar-refractivity contribution < 1.29 is 9.59 Å². The number of carbonyl (C=O) groups excluding carboxylic acids is 2. The fourth-order valence-corrected chi connectivity index (χ4v) is 2.89. The molecular weight excluding hydrogens is 379 g/mol. The van der Waals surface area contributed by atoms with Crippen molar-refractivity contribution in [1.29, 1.82) is 0 Å². The van der Waals surface area contributed by atoms with E-state index in [0.29, 0.717) is 28.8 Å². The summed E-state index contributed by atoms with van der Waals surface area (Å²) < 4.78 is 0. The van der Waals surface area contributed by atoms with Gasteiger partial charge in [-0.3, -0.25) is 14.9 Å². The lowest BCUT2D eigenvalue weighted by Crippen LogP contribution is -2.27. The van der Waals surface area contributed by atoms with E-state index < -0.39 is 0 Å². The number of halogens is 2. The number of carbonyl (C=O) groups is 2. The maximum Gasteiger partial charge on any atom is 0.267 e. The van der Waals surface area contributed by atoms with Gasteiger partial charge in [0.2, 0.25) is 5.91 Å². The van der Waals surface area contributed by atoms with Crippen molar-refractivity contribution in [2.75, 3.05) is 18.4 Å². The molecule has 0 spiro atoms. The molecule has 6 nitrogen and oxygen atoms in total. The third-order valence-electron chi connectivity index (χ3n) is 2.56. The molecule has 0 fully saturated rings. The summed E-state index contributed by atoms with van der Waals surface area (Å²) >= 11 is 2.68. The molecule has 0 saturated carbocycles. The van der Waals surface area contributed by atoms with Gasteiger partial charge in [-0.15, -0.1) is 47.5 Å². The van der Waals surface area contributed by atoms with Gasteiger partial charge in [-0.2, -0.15) is 0 Å². The van der Waals surface area contributed by atoms with E-state index >= 15 is 0 Å². The van der Waals surface area contributed by atoms with Crippen molar-refractivity contribution in [1.82, 2.24) is 10.3 Å². The Balaban J connectivity index is 0.00000242. The number of hydrogen-bond donors (Lipinski definition) is 3. The molecule has 0 bridgehead atoms. The number of amides is 2. The summed E-state index contributed by atoms with van der Waals surface area (Å²) in [6, 6.07) is 3.57. The maximum atomic E-state index is 11.9. The zero-order chi connectivity index (χ0) is 15.1. The predicted octanol–water partition coefficient (Wildman–Crippen LogP) is 2.31. The van der Waals surface area contributed by atoms with E-state index in [9.17, 15) is 9.59 Å². The SMILES string of the molecule is Cl.Cl.NCCCNC(=O)Cc1csc(NC(=O)c2cccs2)n1. The monoisotopic (exact) mass is 396 g/mol. The summed E-state index contributed by atoms with van der Waals surface area (Å²) in [5.41, 5.74) is 6.00. The molecule has 10 heteroatoms. The van der Waals surface area contributed by atoms with E-state index in [1.807, 2.05) is 11.4 Å². The summed E-state index contributed by atoms with van der Waals surface area (Å²) in [6.07, 6.45) is 0.959. The van der Waals surface area contributed by atoms with E-state index in [1.165, 1.54) is 22.7 Å². The number of nitrogens with two attached hydrogens (primary N) is 1. The molecule has 2 heterocycles. The molecule has 23 heavy (non-hydrogen) atoms. The highest BCUT2D eigenvalue weighted by Gasteiger charge is 2.11. The molecule has 0 aliphatic heterocycles. The van der Waals surface area contributed by atoms with Crippen LogP contribution in [-0.4, -0.2) is 29.9 Å². The minimum Gasteiger partial charge on any atom is -0.356 e. The standard InChI is InChI=1S/C13H16N4O2S2.2ClH/c14-4-2-5-15-11(18)7-9-8-21-13(16-9)17-12(19)10-3-1-6-20-10;;/h1,3,6,8H,2,4-5,7,14H2,(H,15,18)(H,16,17,19);2*1H. The smallest absolute Gasteiger partial charge is 0.267 e. The number of hydrogen-bond acceptors (Lipinski definition) is 6. The second-order valence-corrected chi connectivity index (χ2v) is 6.05. The van der Waals surface area contributed by atoms with Gasteiger partial charge < -0.3 is 11.1 Å². The maximum absolute atomic E-state index is 11.9. The highest BCUT2D eigenvalue weighted by atomic mass is 35.5. The van der Waals surface area contributed by atoms with Crippen LogP contribution >= 0.6 is 47.5 Å². The molecule has 0 atom stereocenters. The number of thiophene rings is 1. The van der Waals surface area contributed by atoms with Crippen LogP contribution in [0.5, 0.6) is 0 Å². The van der Waals surface area contributed by atoms with Crippen molar-refractivity contribution in [2.24, 2.45) is 5.73 Å². The van der Waals surface area contributed by atoms with E-state index in [-0.39, 0.29) is 43.0 Å². The highest BCUT2D eigenvalue weighted by Crippen LogP contribution is 2.18. The van der Waals surface area contributed by atoms with Crippen LogP contribution in [0.2, 0.25) is 0 Å². The van der Waals surface area contributed by atoms with Gasteiger partial charge in [-0.1, -0.05) is 6.07 Å². The number of anilines is 1. The van der Waals surface area contributed by atoms with Crippen LogP contribution in [-0.2, 0) is 11.2 Å². The molecule has 4 N–H and O–H groups in total. The molecule has 0 unspecified atom stereocenters. The Kier molecular flexibility index (Phi) is 10.8. The Labute approximate surface area is 154 Å². The lowest BCUT2D eigenvalue weighted by molar-refractivity contribution is -0.120. The van der Waals surface area contributed by atoms with Crippen LogP contribution in [0.25, 0.3) is 0 Å². The second-order valence-electron chi connectivity index (χ2n) is 4.24. The van der Waals surface area contributed by atoms with E-state index in [2.05, 4.69) is 15.6 Å². The van der Waals surface area contributed by atoms with E-state index in [1.54, 1.807) is 11.4 Å². The number of thiazole rings is 1. The average molecular weight is 397 g/mol. The van der Waals surface area contributed by atoms with Crippen LogP contribution in [0.15, 0.2) is 22.9 Å². The van der Waals surface area contributed by atoms with Crippen molar-refractivity contribution in [3.05, 3.63) is 33.5 Å². The van der Waals surface area contributed by atoms with E-state index in [0.717, 1.165) is 6.42 Å². The number of nitrogens with one attached hydrogen (secondary N) is 2. The zero-order valence-electron chi connectivity index (χ0n) is 12.1. The van der Waals surface area contributed by atoms with Gasteiger partial charge >= 0.3 is 0 Å². The van der Waals surface area contributed by atoms with Crippen LogP contribution in [0.4, 0.5) is 5.13 Å². The Hall–Kier alpha value is -1.19. The second kappa shape index (κ2) is 11.4. The van der Waals surface area contributed by atoms with Gasteiger partial charge in [-0.25, -0.2) is 4.98 Å². The summed E-state index contributed by atoms with van der Waals surface area (Å²) in [6.45, 7) is 1.12. The molecule has 0 aliphatic rings. The number of nitrogens with zero attached hydrogens (tertiary/aromatic N) is 1. The normalized spacial score (nSPS) is 9.43. The molecule has 2 rings (SSSR count). The largest absolute Gasteiger partial charge is 0.356 e. The quantitative estimate of drug-likeness (QED) is 0.625. The Morgan fingerprint density at radius 3 is 2.70 bits per heavy atom. The average Bonchev–Trinajstić information content (AvgIpc) is 3.10. The fourth-order valence-electron chi connectivity index (χ4n) is 1.57. The van der Waals surface area contributed by atoms with Gasteiger partial charge in [-0.05, 0) is 24.4 Å². The van der Waals surface area contributed by atoms with Crippen LogP contribution in [0.1, 0.15) is 21.8 Å². The Morgan fingerprint density at radius 2 is 2.04 bits per heavy atom. The van der Waals surface area contributed by atoms with Gasteiger partial charge in [0.05, 0.1) is 17.0 Å². The summed E-state index contributed by atoms with van der Waals surface area (Å²) in [5, 5.41) is 9.60. The predicted molar refractivity (Wildman–Crippen MR) is 99.3 cm³/mol. The lowest BCUT2D eigenvalue weighted by atomic mass is 10.3.